The molecule has 0 amide bonds. The average Bonchev–Trinajstić information content (AvgIpc) is 2.44. The minimum atomic E-state index is -0.685. The van der Waals surface area contributed by atoms with Gasteiger partial charge in [-0.15, -0.1) is 0 Å². The van der Waals surface area contributed by atoms with Crippen molar-refractivity contribution in [1.29, 1.82) is 0 Å². The van der Waals surface area contributed by atoms with Crippen LogP contribution in [0.1, 0.15) is 39.0 Å². The quantitative estimate of drug-likeness (QED) is 0.688. The fourth-order valence-corrected chi connectivity index (χ4v) is 5.33. The molecule has 0 bridgehead atoms. The maximum absolute atomic E-state index is 5.94. The molecule has 5 aliphatic rings. The van der Waals surface area contributed by atoms with E-state index in [2.05, 4.69) is 12.2 Å². The van der Waals surface area contributed by atoms with Gasteiger partial charge in [-0.1, -0.05) is 6.92 Å². The molecule has 0 radical (unpaired) electrons. The van der Waals surface area contributed by atoms with Crippen LogP contribution in [0.3, 0.4) is 0 Å². The van der Waals surface area contributed by atoms with E-state index in [1.807, 2.05) is 0 Å². The van der Waals surface area contributed by atoms with Crippen molar-refractivity contribution in [3.05, 3.63) is 0 Å². The summed E-state index contributed by atoms with van der Waals surface area (Å²) in [4.78, 5) is 23.5. The van der Waals surface area contributed by atoms with Crippen molar-refractivity contribution in [1.82, 2.24) is 5.32 Å². The van der Waals surface area contributed by atoms with Gasteiger partial charge >= 0.3 is 0 Å². The van der Waals surface area contributed by atoms with Crippen LogP contribution in [-0.2, 0) is 19.6 Å². The van der Waals surface area contributed by atoms with Crippen LogP contribution < -0.4 is 5.32 Å². The molecule has 1 N–H and O–H groups in total. The molecule has 0 aromatic rings. The van der Waals surface area contributed by atoms with E-state index >= 15 is 0 Å². The third-order valence-corrected chi connectivity index (χ3v) is 6.59. The molecule has 2 aliphatic heterocycles. The Balaban J connectivity index is 1.36. The Hall–Kier alpha value is -0.200. The lowest BCUT2D eigenvalue weighted by atomic mass is 9.41. The normalized spacial score (nSPS) is 51.1. The maximum Gasteiger partial charge on any atom is 0.239 e. The fourth-order valence-electron chi connectivity index (χ4n) is 5.33. The lowest BCUT2D eigenvalue weighted by molar-refractivity contribution is -0.682. The summed E-state index contributed by atoms with van der Waals surface area (Å²) < 4.78 is 0. The largest absolute Gasteiger partial charge is 0.316 e. The number of piperidine rings is 1. The Morgan fingerprint density at radius 1 is 0.900 bits per heavy atom. The molecule has 112 valence electrons. The van der Waals surface area contributed by atoms with Gasteiger partial charge in [-0.25, -0.2) is 0 Å². The predicted octanol–water partition coefficient (Wildman–Crippen LogP) is 1.98. The molecule has 5 unspecified atom stereocenters. The summed E-state index contributed by atoms with van der Waals surface area (Å²) in [6.07, 6.45) is 5.36. The van der Waals surface area contributed by atoms with E-state index in [0.717, 1.165) is 43.7 Å². The highest BCUT2D eigenvalue weighted by molar-refractivity contribution is 5.12. The minimum Gasteiger partial charge on any atom is -0.316 e. The Morgan fingerprint density at radius 3 is 2.30 bits per heavy atom. The molecule has 2 heterocycles. The Labute approximate surface area is 119 Å². The molecule has 20 heavy (non-hydrogen) atoms. The van der Waals surface area contributed by atoms with E-state index in [0.29, 0.717) is 11.8 Å². The third kappa shape index (κ3) is 1.40. The van der Waals surface area contributed by atoms with Crippen molar-refractivity contribution in [2.24, 2.45) is 29.6 Å². The molecule has 3 saturated carbocycles. The van der Waals surface area contributed by atoms with Gasteiger partial charge in [-0.2, -0.15) is 19.6 Å². The SMILES string of the molecule is CC1CC2CC3CC(C23)C12OOC1(CCNCC1)OO2. The Bertz CT molecular complexity index is 412. The second-order valence-corrected chi connectivity index (χ2v) is 7.53. The van der Waals surface area contributed by atoms with Crippen LogP contribution >= 0.6 is 0 Å². The summed E-state index contributed by atoms with van der Waals surface area (Å²) in [5, 5.41) is 3.30. The molecular formula is C15H23NO4. The summed E-state index contributed by atoms with van der Waals surface area (Å²) in [6, 6.07) is 0. The number of nitrogens with one attached hydrogen (secondary N) is 1. The molecule has 5 rings (SSSR count). The first-order valence-corrected chi connectivity index (χ1v) is 8.17. The lowest BCUT2D eigenvalue weighted by Gasteiger charge is -2.68. The van der Waals surface area contributed by atoms with E-state index in [9.17, 15) is 0 Å². The second kappa shape index (κ2) is 3.96. The topological polar surface area (TPSA) is 49.0 Å². The zero-order valence-corrected chi connectivity index (χ0v) is 12.0. The van der Waals surface area contributed by atoms with Crippen molar-refractivity contribution in [2.45, 2.75) is 50.6 Å². The second-order valence-electron chi connectivity index (χ2n) is 7.53. The van der Waals surface area contributed by atoms with Gasteiger partial charge in [-0.3, -0.25) is 0 Å². The van der Waals surface area contributed by atoms with Crippen LogP contribution in [0.25, 0.3) is 0 Å². The van der Waals surface area contributed by atoms with E-state index < -0.39 is 11.6 Å². The van der Waals surface area contributed by atoms with Crippen LogP contribution in [0.2, 0.25) is 0 Å². The predicted molar refractivity (Wildman–Crippen MR) is 68.9 cm³/mol. The highest BCUT2D eigenvalue weighted by Crippen LogP contribution is 2.69. The molecule has 5 heteroatoms. The first-order valence-electron chi connectivity index (χ1n) is 8.17. The number of fused-ring (bicyclic) bond motifs is 1. The van der Waals surface area contributed by atoms with Crippen molar-refractivity contribution < 1.29 is 19.6 Å². The van der Waals surface area contributed by atoms with Crippen LogP contribution in [0.4, 0.5) is 0 Å². The molecule has 2 saturated heterocycles. The molecule has 5 atom stereocenters. The van der Waals surface area contributed by atoms with Crippen molar-refractivity contribution in [2.75, 3.05) is 13.1 Å². The first-order chi connectivity index (χ1) is 9.73. The van der Waals surface area contributed by atoms with E-state index in [4.69, 9.17) is 19.6 Å². The van der Waals surface area contributed by atoms with Gasteiger partial charge in [0, 0.05) is 37.8 Å². The standard InChI is InChI=1S/C15H23NO4/c1-9-6-10-7-11-8-12(13(10)11)15(9)19-17-14(18-20-15)2-4-16-5-3-14/h9-13,16H,2-8H2,1H3. The van der Waals surface area contributed by atoms with Crippen LogP contribution in [0.15, 0.2) is 0 Å². The van der Waals surface area contributed by atoms with Gasteiger partial charge in [0.15, 0.2) is 0 Å². The molecule has 5 fully saturated rings. The molecule has 0 aromatic carbocycles. The van der Waals surface area contributed by atoms with Crippen LogP contribution in [-0.4, -0.2) is 24.7 Å². The Morgan fingerprint density at radius 2 is 1.60 bits per heavy atom. The summed E-state index contributed by atoms with van der Waals surface area (Å²) in [5.41, 5.74) is 0. The highest BCUT2D eigenvalue weighted by Gasteiger charge is 2.70. The van der Waals surface area contributed by atoms with E-state index in [-0.39, 0.29) is 0 Å². The number of hydrogen-bond donors (Lipinski definition) is 1. The summed E-state index contributed by atoms with van der Waals surface area (Å²) in [5.74, 6) is 2.07. The zero-order chi connectivity index (χ0) is 13.4. The molecule has 3 aliphatic carbocycles. The highest BCUT2D eigenvalue weighted by atomic mass is 17.4. The number of rotatable bonds is 0. The van der Waals surface area contributed by atoms with Gasteiger partial charge in [-0.05, 0) is 37.0 Å². The van der Waals surface area contributed by atoms with Gasteiger partial charge in [0.25, 0.3) is 0 Å². The van der Waals surface area contributed by atoms with Crippen molar-refractivity contribution in [3.63, 3.8) is 0 Å². The molecule has 2 spiro atoms. The van der Waals surface area contributed by atoms with E-state index in [1.165, 1.54) is 19.3 Å². The minimum absolute atomic E-state index is 0.342. The zero-order valence-electron chi connectivity index (χ0n) is 12.0. The average molecular weight is 281 g/mol. The van der Waals surface area contributed by atoms with Gasteiger partial charge in [0.05, 0.1) is 0 Å². The fraction of sp³-hybridized carbons (Fsp3) is 1.00. The smallest absolute Gasteiger partial charge is 0.239 e. The summed E-state index contributed by atoms with van der Waals surface area (Å²) in [7, 11) is 0. The van der Waals surface area contributed by atoms with E-state index in [1.54, 1.807) is 0 Å². The van der Waals surface area contributed by atoms with Gasteiger partial charge in [0.2, 0.25) is 11.6 Å². The monoisotopic (exact) mass is 281 g/mol. The lowest BCUT2D eigenvalue weighted by Crippen LogP contribution is -2.70. The molecule has 5 nitrogen and oxygen atoms in total. The summed E-state index contributed by atoms with van der Waals surface area (Å²) in [6.45, 7) is 3.98. The van der Waals surface area contributed by atoms with Crippen LogP contribution in [0.5, 0.6) is 0 Å². The van der Waals surface area contributed by atoms with Gasteiger partial charge in [0.1, 0.15) is 0 Å². The first kappa shape index (κ1) is 12.4. The molecular weight excluding hydrogens is 258 g/mol. The summed E-state index contributed by atoms with van der Waals surface area (Å²) >= 11 is 0. The third-order valence-electron chi connectivity index (χ3n) is 6.59. The molecule has 0 aromatic heterocycles. The van der Waals surface area contributed by atoms with Crippen molar-refractivity contribution in [3.8, 4) is 0 Å². The maximum atomic E-state index is 5.94. The van der Waals surface area contributed by atoms with Crippen molar-refractivity contribution >= 4 is 0 Å². The number of hydrogen-bond acceptors (Lipinski definition) is 5. The van der Waals surface area contributed by atoms with Gasteiger partial charge < -0.3 is 5.32 Å². The Kier molecular flexibility index (Phi) is 2.44. The van der Waals surface area contributed by atoms with Crippen LogP contribution in [0, 0.1) is 29.6 Å².